The largest absolute Gasteiger partial charge is 0.309 e. The van der Waals surface area contributed by atoms with Gasteiger partial charge in [-0.2, -0.15) is 10.5 Å². The lowest BCUT2D eigenvalue weighted by Crippen LogP contribution is -2.01. The molecule has 0 amide bonds. The highest BCUT2D eigenvalue weighted by atomic mass is 15.0. The summed E-state index contributed by atoms with van der Waals surface area (Å²) in [4.78, 5) is 0. The van der Waals surface area contributed by atoms with Gasteiger partial charge in [0.25, 0.3) is 0 Å². The van der Waals surface area contributed by atoms with Gasteiger partial charge in [-0.3, -0.25) is 0 Å². The Bertz CT molecular complexity index is 2710. The molecule has 4 heteroatoms. The molecule has 4 nitrogen and oxygen atoms in total. The number of benzene rings is 7. The van der Waals surface area contributed by atoms with E-state index in [1.165, 1.54) is 10.8 Å². The van der Waals surface area contributed by atoms with Crippen LogP contribution in [0.4, 0.5) is 0 Å². The second-order valence-electron chi connectivity index (χ2n) is 11.9. The summed E-state index contributed by atoms with van der Waals surface area (Å²) >= 11 is 0. The monoisotopic (exact) mass is 610 g/mol. The van der Waals surface area contributed by atoms with Gasteiger partial charge in [0, 0.05) is 43.9 Å². The fourth-order valence-electron chi connectivity index (χ4n) is 7.43. The molecule has 9 rings (SSSR count). The van der Waals surface area contributed by atoms with Gasteiger partial charge in [0.15, 0.2) is 0 Å². The molecule has 0 unspecified atom stereocenters. The van der Waals surface area contributed by atoms with Gasteiger partial charge in [0.1, 0.15) is 0 Å². The Balaban J connectivity index is 1.34. The molecule has 0 saturated heterocycles. The maximum atomic E-state index is 10.6. The average molecular weight is 611 g/mol. The minimum absolute atomic E-state index is 0.513. The van der Waals surface area contributed by atoms with Crippen LogP contribution < -0.4 is 0 Å². The highest BCUT2D eigenvalue weighted by Crippen LogP contribution is 2.43. The van der Waals surface area contributed by atoms with Crippen LogP contribution in [-0.2, 0) is 0 Å². The van der Waals surface area contributed by atoms with E-state index in [9.17, 15) is 10.5 Å². The Kier molecular flexibility index (Phi) is 6.22. The maximum Gasteiger partial charge on any atom is 0.0998 e. The van der Waals surface area contributed by atoms with Gasteiger partial charge in [-0.05, 0) is 60.2 Å². The SMILES string of the molecule is N#Cc1ccc(C#N)c(-c2ccccc2-n2c3ccccc3c3ccccc32)c1-c1cccc(-n2c3ccccc3c3ccccc32)c1. The van der Waals surface area contributed by atoms with Crippen LogP contribution in [0.3, 0.4) is 0 Å². The van der Waals surface area contributed by atoms with Gasteiger partial charge in [0.05, 0.1) is 51.0 Å². The Labute approximate surface area is 277 Å². The van der Waals surface area contributed by atoms with Crippen molar-refractivity contribution in [2.24, 2.45) is 0 Å². The predicted octanol–water partition coefficient (Wildman–Crippen LogP) is 11.0. The summed E-state index contributed by atoms with van der Waals surface area (Å²) in [5.41, 5.74) is 10.6. The molecule has 7 aromatic carbocycles. The molecule has 0 atom stereocenters. The van der Waals surface area contributed by atoms with Crippen LogP contribution in [0.2, 0.25) is 0 Å². The third kappa shape index (κ3) is 4.01. The number of aromatic nitrogens is 2. The molecule has 0 N–H and O–H groups in total. The van der Waals surface area contributed by atoms with E-state index in [1.54, 1.807) is 12.1 Å². The third-order valence-electron chi connectivity index (χ3n) is 9.41. The summed E-state index contributed by atoms with van der Waals surface area (Å²) < 4.78 is 4.55. The van der Waals surface area contributed by atoms with E-state index in [0.29, 0.717) is 11.1 Å². The van der Waals surface area contributed by atoms with E-state index in [0.717, 1.165) is 66.5 Å². The quantitative estimate of drug-likeness (QED) is 0.199. The molecule has 0 spiro atoms. The lowest BCUT2D eigenvalue weighted by Gasteiger charge is -2.19. The molecular weight excluding hydrogens is 585 g/mol. The van der Waals surface area contributed by atoms with Crippen molar-refractivity contribution in [1.29, 1.82) is 10.5 Å². The van der Waals surface area contributed by atoms with Gasteiger partial charge >= 0.3 is 0 Å². The van der Waals surface area contributed by atoms with E-state index in [2.05, 4.69) is 143 Å². The van der Waals surface area contributed by atoms with Crippen molar-refractivity contribution >= 4 is 43.6 Å². The maximum absolute atomic E-state index is 10.6. The Morgan fingerprint density at radius 2 is 0.854 bits per heavy atom. The van der Waals surface area contributed by atoms with Crippen molar-refractivity contribution in [3.05, 3.63) is 169 Å². The summed E-state index contributed by atoms with van der Waals surface area (Å²) in [7, 11) is 0. The molecule has 0 bridgehead atoms. The first-order valence-corrected chi connectivity index (χ1v) is 15.9. The third-order valence-corrected chi connectivity index (χ3v) is 9.41. The van der Waals surface area contributed by atoms with E-state index in [4.69, 9.17) is 0 Å². The highest BCUT2D eigenvalue weighted by molar-refractivity contribution is 6.11. The zero-order valence-electron chi connectivity index (χ0n) is 25.8. The number of nitrogens with zero attached hydrogens (tertiary/aromatic N) is 4. The zero-order chi connectivity index (χ0) is 32.2. The highest BCUT2D eigenvalue weighted by Gasteiger charge is 2.22. The standard InChI is InChI=1S/C44H26N4/c45-27-30-24-25-31(28-46)44(37-18-5-10-23-42(37)48-40-21-8-3-16-35(40)36-17-4-9-22-41(36)48)43(30)29-12-11-13-32(26-29)47-38-19-6-1-14-33(38)34-15-2-7-20-39(34)47/h1-26H. The minimum atomic E-state index is 0.513. The predicted molar refractivity (Wildman–Crippen MR) is 195 cm³/mol. The summed E-state index contributed by atoms with van der Waals surface area (Å²) in [5.74, 6) is 0. The molecule has 48 heavy (non-hydrogen) atoms. The summed E-state index contributed by atoms with van der Waals surface area (Å²) in [6.07, 6.45) is 0. The smallest absolute Gasteiger partial charge is 0.0998 e. The molecule has 2 heterocycles. The van der Waals surface area contributed by atoms with E-state index < -0.39 is 0 Å². The molecule has 2 aromatic heterocycles. The second-order valence-corrected chi connectivity index (χ2v) is 11.9. The zero-order valence-corrected chi connectivity index (χ0v) is 25.8. The number of para-hydroxylation sites is 5. The Morgan fingerprint density at radius 3 is 1.40 bits per heavy atom. The van der Waals surface area contributed by atoms with Crippen molar-refractivity contribution in [3.63, 3.8) is 0 Å². The van der Waals surface area contributed by atoms with Crippen LogP contribution in [0.5, 0.6) is 0 Å². The van der Waals surface area contributed by atoms with Crippen LogP contribution in [0.15, 0.2) is 158 Å². The molecule has 0 fully saturated rings. The molecule has 0 saturated carbocycles. The average Bonchev–Trinajstić information content (AvgIpc) is 3.67. The number of hydrogen-bond acceptors (Lipinski definition) is 2. The molecule has 0 aliphatic carbocycles. The van der Waals surface area contributed by atoms with Crippen LogP contribution in [0.25, 0.3) is 77.2 Å². The van der Waals surface area contributed by atoms with Gasteiger partial charge in [0.2, 0.25) is 0 Å². The van der Waals surface area contributed by atoms with Gasteiger partial charge < -0.3 is 9.13 Å². The molecular formula is C44H26N4. The number of nitriles is 2. The number of rotatable bonds is 4. The Hall–Kier alpha value is -6.88. The van der Waals surface area contributed by atoms with Crippen LogP contribution in [0, 0.1) is 22.7 Å². The normalized spacial score (nSPS) is 11.3. The van der Waals surface area contributed by atoms with Crippen LogP contribution in [0.1, 0.15) is 11.1 Å². The van der Waals surface area contributed by atoms with Crippen molar-refractivity contribution in [2.75, 3.05) is 0 Å². The molecule has 0 radical (unpaired) electrons. The number of hydrogen-bond donors (Lipinski definition) is 0. The van der Waals surface area contributed by atoms with Crippen molar-refractivity contribution in [2.45, 2.75) is 0 Å². The minimum Gasteiger partial charge on any atom is -0.309 e. The van der Waals surface area contributed by atoms with Crippen molar-refractivity contribution < 1.29 is 0 Å². The second kappa shape index (κ2) is 10.9. The molecule has 9 aromatic rings. The lowest BCUT2D eigenvalue weighted by atomic mass is 9.86. The summed E-state index contributed by atoms with van der Waals surface area (Å²) in [6, 6.07) is 58.7. The van der Waals surface area contributed by atoms with Gasteiger partial charge in [-0.15, -0.1) is 0 Å². The molecule has 0 aliphatic rings. The van der Waals surface area contributed by atoms with Crippen LogP contribution in [-0.4, -0.2) is 9.13 Å². The van der Waals surface area contributed by atoms with Gasteiger partial charge in [-0.25, -0.2) is 0 Å². The first kappa shape index (κ1) is 27.4. The van der Waals surface area contributed by atoms with Gasteiger partial charge in [-0.1, -0.05) is 103 Å². The first-order valence-electron chi connectivity index (χ1n) is 15.9. The fraction of sp³-hybridized carbons (Fsp3) is 0. The van der Waals surface area contributed by atoms with Crippen LogP contribution >= 0.6 is 0 Å². The van der Waals surface area contributed by atoms with Crippen molar-refractivity contribution in [1.82, 2.24) is 9.13 Å². The topological polar surface area (TPSA) is 57.4 Å². The van der Waals surface area contributed by atoms with E-state index >= 15 is 0 Å². The first-order chi connectivity index (χ1) is 23.8. The lowest BCUT2D eigenvalue weighted by molar-refractivity contribution is 1.18. The number of fused-ring (bicyclic) bond motifs is 6. The summed E-state index contributed by atoms with van der Waals surface area (Å²) in [6.45, 7) is 0. The van der Waals surface area contributed by atoms with Crippen molar-refractivity contribution in [3.8, 4) is 45.8 Å². The Morgan fingerprint density at radius 1 is 0.396 bits per heavy atom. The molecule has 0 aliphatic heterocycles. The summed E-state index contributed by atoms with van der Waals surface area (Å²) in [5, 5.41) is 25.8. The fourth-order valence-corrected chi connectivity index (χ4v) is 7.43. The molecule has 222 valence electrons. The van der Waals surface area contributed by atoms with E-state index in [-0.39, 0.29) is 0 Å². The van der Waals surface area contributed by atoms with E-state index in [1.807, 2.05) is 24.3 Å².